The van der Waals surface area contributed by atoms with Crippen LogP contribution in [0.4, 0.5) is 5.69 Å². The molecule has 1 aromatic rings. The normalized spacial score (nSPS) is 20.9. The molecule has 0 atom stereocenters. The minimum Gasteiger partial charge on any atom is -0.379 e. The predicted molar refractivity (Wildman–Crippen MR) is 57.3 cm³/mol. The summed E-state index contributed by atoms with van der Waals surface area (Å²) in [6, 6.07) is 5.69. The number of anilines is 1. The lowest BCUT2D eigenvalue weighted by molar-refractivity contribution is -0.129. The lowest BCUT2D eigenvalue weighted by Gasteiger charge is -2.37. The van der Waals surface area contributed by atoms with Crippen LogP contribution in [0.15, 0.2) is 18.2 Å². The molecule has 1 fully saturated rings. The van der Waals surface area contributed by atoms with Crippen molar-refractivity contribution in [2.75, 3.05) is 18.5 Å². The SMILES string of the molecule is O=CC1(c2ccc3c(c2)CC(=O)N3)COC1. The second kappa shape index (κ2) is 3.15. The zero-order valence-corrected chi connectivity index (χ0v) is 8.66. The van der Waals surface area contributed by atoms with E-state index in [2.05, 4.69) is 5.32 Å². The topological polar surface area (TPSA) is 55.4 Å². The van der Waals surface area contributed by atoms with E-state index in [-0.39, 0.29) is 5.91 Å². The molecule has 0 unspecified atom stereocenters. The molecule has 0 aromatic heterocycles. The summed E-state index contributed by atoms with van der Waals surface area (Å²) in [6.45, 7) is 0.882. The molecule has 4 heteroatoms. The minimum absolute atomic E-state index is 0.0113. The highest BCUT2D eigenvalue weighted by Crippen LogP contribution is 2.34. The van der Waals surface area contributed by atoms with Crippen LogP contribution in [0, 0.1) is 0 Å². The van der Waals surface area contributed by atoms with E-state index in [1.165, 1.54) is 0 Å². The van der Waals surface area contributed by atoms with Crippen LogP contribution in [0.25, 0.3) is 0 Å². The number of nitrogens with one attached hydrogen (secondary N) is 1. The van der Waals surface area contributed by atoms with E-state index in [9.17, 15) is 9.59 Å². The summed E-state index contributed by atoms with van der Waals surface area (Å²) in [5, 5.41) is 2.77. The van der Waals surface area contributed by atoms with Crippen molar-refractivity contribution >= 4 is 17.9 Å². The Morgan fingerprint density at radius 1 is 1.38 bits per heavy atom. The average Bonchev–Trinajstić information content (AvgIpc) is 2.56. The van der Waals surface area contributed by atoms with Gasteiger partial charge in [-0.25, -0.2) is 0 Å². The first kappa shape index (κ1) is 9.54. The number of benzene rings is 1. The van der Waals surface area contributed by atoms with Gasteiger partial charge < -0.3 is 14.8 Å². The molecule has 0 saturated carbocycles. The van der Waals surface area contributed by atoms with Crippen LogP contribution in [-0.4, -0.2) is 25.4 Å². The molecule has 0 aliphatic carbocycles. The van der Waals surface area contributed by atoms with Crippen LogP contribution in [0.1, 0.15) is 11.1 Å². The Kier molecular flexibility index (Phi) is 1.88. The van der Waals surface area contributed by atoms with Gasteiger partial charge in [0.05, 0.1) is 25.0 Å². The highest BCUT2D eigenvalue weighted by atomic mass is 16.5. The van der Waals surface area contributed by atoms with E-state index in [4.69, 9.17) is 4.74 Å². The quantitative estimate of drug-likeness (QED) is 0.740. The molecule has 0 bridgehead atoms. The van der Waals surface area contributed by atoms with Crippen LogP contribution in [0.5, 0.6) is 0 Å². The lowest BCUT2D eigenvalue weighted by Crippen LogP contribution is -2.48. The van der Waals surface area contributed by atoms with Gasteiger partial charge >= 0.3 is 0 Å². The van der Waals surface area contributed by atoms with Gasteiger partial charge in [0.1, 0.15) is 6.29 Å². The summed E-state index contributed by atoms with van der Waals surface area (Å²) in [4.78, 5) is 22.3. The maximum atomic E-state index is 11.2. The second-order valence-corrected chi connectivity index (χ2v) is 4.36. The number of hydrogen-bond acceptors (Lipinski definition) is 3. The highest BCUT2D eigenvalue weighted by Gasteiger charge is 2.40. The molecule has 1 aromatic carbocycles. The molecule has 0 radical (unpaired) electrons. The third-order valence-corrected chi connectivity index (χ3v) is 3.25. The van der Waals surface area contributed by atoms with E-state index >= 15 is 0 Å². The van der Waals surface area contributed by atoms with Crippen LogP contribution < -0.4 is 5.32 Å². The summed E-state index contributed by atoms with van der Waals surface area (Å²) < 4.78 is 5.11. The van der Waals surface area contributed by atoms with Crippen molar-refractivity contribution in [1.29, 1.82) is 0 Å². The molecular formula is C12H11NO3. The third kappa shape index (κ3) is 1.20. The summed E-state index contributed by atoms with van der Waals surface area (Å²) in [5.74, 6) is 0.0113. The van der Waals surface area contributed by atoms with Crippen molar-refractivity contribution in [3.05, 3.63) is 29.3 Å². The van der Waals surface area contributed by atoms with E-state index in [0.717, 1.165) is 23.1 Å². The van der Waals surface area contributed by atoms with Crippen LogP contribution >= 0.6 is 0 Å². The standard InChI is InChI=1S/C12H11NO3/c14-5-12(6-16-7-12)9-1-2-10-8(3-9)4-11(15)13-10/h1-3,5H,4,6-7H2,(H,13,15). The van der Waals surface area contributed by atoms with Gasteiger partial charge in [-0.1, -0.05) is 12.1 Å². The number of ether oxygens (including phenoxy) is 1. The van der Waals surface area contributed by atoms with Crippen molar-refractivity contribution in [1.82, 2.24) is 0 Å². The largest absolute Gasteiger partial charge is 0.379 e. The Balaban J connectivity index is 2.02. The molecule has 3 rings (SSSR count). The first-order chi connectivity index (χ1) is 7.73. The van der Waals surface area contributed by atoms with Gasteiger partial charge in [-0.15, -0.1) is 0 Å². The van der Waals surface area contributed by atoms with Gasteiger partial charge in [-0.2, -0.15) is 0 Å². The molecule has 4 nitrogen and oxygen atoms in total. The number of carbonyl (C=O) groups excluding carboxylic acids is 2. The second-order valence-electron chi connectivity index (χ2n) is 4.36. The zero-order chi connectivity index (χ0) is 11.2. The fourth-order valence-corrected chi connectivity index (χ4v) is 2.16. The molecular weight excluding hydrogens is 206 g/mol. The van der Waals surface area contributed by atoms with E-state index < -0.39 is 5.41 Å². The van der Waals surface area contributed by atoms with Gasteiger partial charge in [0, 0.05) is 5.69 Å². The number of rotatable bonds is 2. The number of amides is 1. The first-order valence-corrected chi connectivity index (χ1v) is 5.21. The number of hydrogen-bond donors (Lipinski definition) is 1. The maximum Gasteiger partial charge on any atom is 0.228 e. The molecule has 0 spiro atoms. The Morgan fingerprint density at radius 2 is 2.19 bits per heavy atom. The van der Waals surface area contributed by atoms with E-state index in [1.807, 2.05) is 18.2 Å². The molecule has 82 valence electrons. The fraction of sp³-hybridized carbons (Fsp3) is 0.333. The van der Waals surface area contributed by atoms with Gasteiger partial charge in [-0.3, -0.25) is 4.79 Å². The smallest absolute Gasteiger partial charge is 0.228 e. The van der Waals surface area contributed by atoms with Crippen molar-refractivity contribution in [3.8, 4) is 0 Å². The number of aldehydes is 1. The van der Waals surface area contributed by atoms with Crippen LogP contribution in [0.3, 0.4) is 0 Å². The summed E-state index contributed by atoms with van der Waals surface area (Å²) >= 11 is 0. The molecule has 2 heterocycles. The van der Waals surface area contributed by atoms with Crippen molar-refractivity contribution in [2.45, 2.75) is 11.8 Å². The van der Waals surface area contributed by atoms with Gasteiger partial charge in [0.25, 0.3) is 0 Å². The molecule has 1 amide bonds. The van der Waals surface area contributed by atoms with Crippen molar-refractivity contribution < 1.29 is 14.3 Å². The van der Waals surface area contributed by atoms with Crippen molar-refractivity contribution in [3.63, 3.8) is 0 Å². The zero-order valence-electron chi connectivity index (χ0n) is 8.66. The summed E-state index contributed by atoms with van der Waals surface area (Å²) in [7, 11) is 0. The highest BCUT2D eigenvalue weighted by molar-refractivity contribution is 5.99. The molecule has 1 N–H and O–H groups in total. The Morgan fingerprint density at radius 3 is 2.81 bits per heavy atom. The average molecular weight is 217 g/mol. The summed E-state index contributed by atoms with van der Waals surface area (Å²) in [5.41, 5.74) is 2.29. The van der Waals surface area contributed by atoms with Crippen LogP contribution in [0.2, 0.25) is 0 Å². The minimum atomic E-state index is -0.485. The van der Waals surface area contributed by atoms with E-state index in [0.29, 0.717) is 19.6 Å². The Hall–Kier alpha value is -1.68. The van der Waals surface area contributed by atoms with E-state index in [1.54, 1.807) is 0 Å². The maximum absolute atomic E-state index is 11.2. The van der Waals surface area contributed by atoms with Gasteiger partial charge in [0.15, 0.2) is 0 Å². The number of fused-ring (bicyclic) bond motifs is 1. The predicted octanol–water partition coefficient (Wildman–Crippen LogP) is 0.648. The molecule has 1 saturated heterocycles. The monoisotopic (exact) mass is 217 g/mol. The Labute approximate surface area is 92.6 Å². The molecule has 2 aliphatic rings. The third-order valence-electron chi connectivity index (χ3n) is 3.25. The summed E-state index contributed by atoms with van der Waals surface area (Å²) in [6.07, 6.45) is 1.35. The van der Waals surface area contributed by atoms with Gasteiger partial charge in [0.2, 0.25) is 5.91 Å². The van der Waals surface area contributed by atoms with Crippen molar-refractivity contribution in [2.24, 2.45) is 0 Å². The lowest BCUT2D eigenvalue weighted by atomic mass is 9.79. The molecule has 16 heavy (non-hydrogen) atoms. The van der Waals surface area contributed by atoms with Crippen LogP contribution in [-0.2, 0) is 26.2 Å². The number of carbonyl (C=O) groups is 2. The fourth-order valence-electron chi connectivity index (χ4n) is 2.16. The molecule has 2 aliphatic heterocycles. The van der Waals surface area contributed by atoms with Gasteiger partial charge in [-0.05, 0) is 17.2 Å². The Bertz CT molecular complexity index is 477. The first-order valence-electron chi connectivity index (χ1n) is 5.21.